The van der Waals surface area contributed by atoms with E-state index >= 15 is 0 Å². The molecule has 0 fully saturated rings. The number of hydrazine groups is 2. The first kappa shape index (κ1) is 10.6. The number of hydrogen-bond donors (Lipinski definition) is 2. The van der Waals surface area contributed by atoms with E-state index in [1.165, 1.54) is 6.08 Å². The third-order valence-corrected chi connectivity index (χ3v) is 1.03. The third-order valence-electron chi connectivity index (χ3n) is 0.671. The molecule has 1 amide bonds. The molecule has 0 unspecified atom stereocenters. The van der Waals surface area contributed by atoms with Gasteiger partial charge < -0.3 is 1.43 Å². The first-order valence-electron chi connectivity index (χ1n) is 2.09. The van der Waals surface area contributed by atoms with Gasteiger partial charge in [-0.2, -0.15) is 0 Å². The summed E-state index contributed by atoms with van der Waals surface area (Å²) in [6.45, 7) is 0. The molecule has 52 valence electrons. The van der Waals surface area contributed by atoms with Gasteiger partial charge in [-0.3, -0.25) is 15.6 Å². The predicted octanol–water partition coefficient (Wildman–Crippen LogP) is -2.81. The van der Waals surface area contributed by atoms with Gasteiger partial charge in [0.2, 0.25) is 0 Å². The maximum Gasteiger partial charge on any atom is 1.00 e. The van der Waals surface area contributed by atoms with Crippen LogP contribution >= 0.6 is 23.4 Å². The van der Waals surface area contributed by atoms with Gasteiger partial charge in [-0.25, -0.2) is 0 Å². The largest absolute Gasteiger partial charge is 1.00 e. The van der Waals surface area contributed by atoms with Crippen LogP contribution in [-0.4, -0.2) is 10.5 Å². The molecule has 1 rings (SSSR count). The van der Waals surface area contributed by atoms with Crippen molar-refractivity contribution in [1.82, 2.24) is 15.5 Å². The van der Waals surface area contributed by atoms with Gasteiger partial charge in [-0.05, 0) is 4.64 Å². The number of halogens is 2. The molecule has 0 saturated carbocycles. The first-order chi connectivity index (χ1) is 4.18. The number of carbonyl (C=O) groups is 1. The Morgan fingerprint density at radius 1 is 1.60 bits per heavy atom. The van der Waals surface area contributed by atoms with Gasteiger partial charge in [-0.1, -0.05) is 11.6 Å². The number of nitrogens with one attached hydrogen (secondary N) is 2. The molecule has 10 heavy (non-hydrogen) atoms. The van der Waals surface area contributed by atoms with Crippen molar-refractivity contribution in [2.24, 2.45) is 0 Å². The molecule has 2 N–H and O–H groups in total. The summed E-state index contributed by atoms with van der Waals surface area (Å²) in [5.41, 5.74) is 4.60. The molecule has 0 saturated heterocycles. The van der Waals surface area contributed by atoms with Gasteiger partial charge in [-0.15, -0.1) is 0 Å². The summed E-state index contributed by atoms with van der Waals surface area (Å²) >= 11 is 10.6. The van der Waals surface area contributed by atoms with E-state index in [9.17, 15) is 4.79 Å². The molecule has 4 nitrogen and oxygen atoms in total. The SMILES string of the molecule is O=C1C=C(Cl)NN(Cl)N1.[H-].[Na+]. The van der Waals surface area contributed by atoms with Crippen LogP contribution in [0.2, 0.25) is 0 Å². The molecular formula is C3H4Cl2N3NaO. The standard InChI is InChI=1S/C3H3Cl2N3O.Na.H/c4-2-1-3(9)7-8(5)6-2;;/h1,6H,(H,7,9);;/q;+1;-1. The second-order valence-corrected chi connectivity index (χ2v) is 2.11. The number of rotatable bonds is 0. The van der Waals surface area contributed by atoms with Crippen molar-refractivity contribution in [3.05, 3.63) is 11.2 Å². The van der Waals surface area contributed by atoms with Gasteiger partial charge in [0.05, 0.1) is 0 Å². The molecule has 0 aromatic heterocycles. The summed E-state index contributed by atoms with van der Waals surface area (Å²) in [4.78, 5) is 10.4. The molecule has 7 heteroatoms. The smallest absolute Gasteiger partial charge is 1.00 e. The minimum Gasteiger partial charge on any atom is -1.00 e. The number of nitrogens with zero attached hydrogens (tertiary/aromatic N) is 1. The predicted molar refractivity (Wildman–Crippen MR) is 34.0 cm³/mol. The average molecular weight is 192 g/mol. The summed E-state index contributed by atoms with van der Waals surface area (Å²) in [5, 5.41) is 0.189. The second kappa shape index (κ2) is 4.43. The fourth-order valence-electron chi connectivity index (χ4n) is 0.398. The van der Waals surface area contributed by atoms with Crippen molar-refractivity contribution < 1.29 is 35.8 Å². The molecule has 0 radical (unpaired) electrons. The summed E-state index contributed by atoms with van der Waals surface area (Å²) in [6, 6.07) is 0. The number of hydrogen-bond acceptors (Lipinski definition) is 3. The average Bonchev–Trinajstić information content (AvgIpc) is 1.59. The van der Waals surface area contributed by atoms with E-state index in [0.717, 1.165) is 4.64 Å². The Bertz CT molecular complexity index is 178. The van der Waals surface area contributed by atoms with Crippen molar-refractivity contribution in [3.63, 3.8) is 0 Å². The van der Waals surface area contributed by atoms with Crippen LogP contribution in [0, 0.1) is 0 Å². The Hall–Kier alpha value is 0.550. The molecule has 1 aliphatic heterocycles. The molecule has 0 atom stereocenters. The van der Waals surface area contributed by atoms with Crippen molar-refractivity contribution in [2.75, 3.05) is 0 Å². The number of amides is 1. The Labute approximate surface area is 91.4 Å². The van der Waals surface area contributed by atoms with E-state index < -0.39 is 0 Å². The minimum atomic E-state index is -0.353. The molecule has 0 aliphatic carbocycles. The zero-order valence-corrected chi connectivity index (χ0v) is 8.70. The van der Waals surface area contributed by atoms with Gasteiger partial charge in [0.1, 0.15) is 5.16 Å². The first-order valence-corrected chi connectivity index (χ1v) is 2.80. The van der Waals surface area contributed by atoms with Crippen molar-refractivity contribution in [1.29, 1.82) is 0 Å². The molecule has 1 heterocycles. The van der Waals surface area contributed by atoms with Crippen LogP contribution in [0.5, 0.6) is 0 Å². The summed E-state index contributed by atoms with van der Waals surface area (Å²) in [6.07, 6.45) is 1.18. The zero-order chi connectivity index (χ0) is 6.85. The summed E-state index contributed by atoms with van der Waals surface area (Å²) < 4.78 is 0.852. The minimum absolute atomic E-state index is 0. The van der Waals surface area contributed by atoms with Gasteiger partial charge in [0.15, 0.2) is 0 Å². The summed E-state index contributed by atoms with van der Waals surface area (Å²) in [5.74, 6) is -0.353. The van der Waals surface area contributed by atoms with Crippen molar-refractivity contribution in [3.8, 4) is 0 Å². The van der Waals surface area contributed by atoms with E-state index in [4.69, 9.17) is 23.4 Å². The molecular weight excluding hydrogens is 188 g/mol. The van der Waals surface area contributed by atoms with Gasteiger partial charge in [0.25, 0.3) is 5.91 Å². The normalized spacial score (nSPS) is 18.2. The zero-order valence-electron chi connectivity index (χ0n) is 6.19. The maximum atomic E-state index is 10.4. The van der Waals surface area contributed by atoms with Gasteiger partial charge in [0, 0.05) is 17.9 Å². The molecule has 0 aromatic rings. The van der Waals surface area contributed by atoms with Crippen LogP contribution < -0.4 is 40.4 Å². The van der Waals surface area contributed by atoms with E-state index in [0.29, 0.717) is 0 Å². The maximum absolute atomic E-state index is 10.4. The van der Waals surface area contributed by atoms with Crippen LogP contribution in [0.3, 0.4) is 0 Å². The molecule has 0 spiro atoms. The van der Waals surface area contributed by atoms with E-state index in [-0.39, 0.29) is 42.0 Å². The second-order valence-electron chi connectivity index (χ2n) is 1.36. The Morgan fingerprint density at radius 2 is 2.20 bits per heavy atom. The van der Waals surface area contributed by atoms with E-state index in [1.54, 1.807) is 0 Å². The van der Waals surface area contributed by atoms with Crippen LogP contribution in [0.4, 0.5) is 0 Å². The Balaban J connectivity index is 0. The van der Waals surface area contributed by atoms with Gasteiger partial charge >= 0.3 is 29.6 Å². The Morgan fingerprint density at radius 3 is 2.60 bits per heavy atom. The molecule has 0 aromatic carbocycles. The van der Waals surface area contributed by atoms with Crippen molar-refractivity contribution in [2.45, 2.75) is 0 Å². The van der Waals surface area contributed by atoms with Crippen LogP contribution in [-0.2, 0) is 4.79 Å². The summed E-state index contributed by atoms with van der Waals surface area (Å²) in [7, 11) is 0. The topological polar surface area (TPSA) is 44.4 Å². The number of carbonyl (C=O) groups excluding carboxylic acids is 1. The third kappa shape index (κ3) is 3.09. The molecule has 0 bridgehead atoms. The van der Waals surface area contributed by atoms with E-state index in [1.807, 2.05) is 0 Å². The molecule has 1 aliphatic rings. The Kier molecular flexibility index (Phi) is 4.68. The van der Waals surface area contributed by atoms with Crippen LogP contribution in [0.15, 0.2) is 11.2 Å². The quantitative estimate of drug-likeness (QED) is 0.247. The van der Waals surface area contributed by atoms with Crippen LogP contribution in [0.1, 0.15) is 1.43 Å². The van der Waals surface area contributed by atoms with Crippen molar-refractivity contribution >= 4 is 29.3 Å². The van der Waals surface area contributed by atoms with Crippen LogP contribution in [0.25, 0.3) is 0 Å². The van der Waals surface area contributed by atoms with E-state index in [2.05, 4.69) is 10.9 Å². The monoisotopic (exact) mass is 191 g/mol. The fraction of sp³-hybridized carbons (Fsp3) is 0. The fourth-order valence-corrected chi connectivity index (χ4v) is 0.799.